The minimum absolute atomic E-state index is 0.0394. The first kappa shape index (κ1) is 27.3. The zero-order chi connectivity index (χ0) is 27.7. The van der Waals surface area contributed by atoms with Crippen LogP contribution in [-0.4, -0.2) is 79.7 Å². The van der Waals surface area contributed by atoms with Gasteiger partial charge in [-0.1, -0.05) is 29.1 Å². The molecule has 4 aliphatic heterocycles. The molecule has 0 bridgehead atoms. The largest absolute Gasteiger partial charge is 0.477 e. The monoisotopic (exact) mass is 611 g/mol. The van der Waals surface area contributed by atoms with E-state index in [0.717, 1.165) is 21.8 Å². The number of hydrogen-bond donors (Lipinski definition) is 3. The molecule has 204 valence electrons. The number of oxime groups is 1. The van der Waals surface area contributed by atoms with Gasteiger partial charge in [0.25, 0.3) is 18.7 Å². The number of thiazole rings is 1. The van der Waals surface area contributed by atoms with Crippen molar-refractivity contribution in [2.45, 2.75) is 16.9 Å². The summed E-state index contributed by atoms with van der Waals surface area (Å²) in [5.41, 5.74) is 5.68. The van der Waals surface area contributed by atoms with E-state index in [9.17, 15) is 28.7 Å². The summed E-state index contributed by atoms with van der Waals surface area (Å²) in [7, 11) is 0. The molecule has 1 aromatic rings. The number of halogens is 1. The molecule has 0 saturated carbocycles. The topological polar surface area (TPSA) is 174 Å². The number of nitrogens with zero attached hydrogens (tertiary/aromatic N) is 3. The van der Waals surface area contributed by atoms with Crippen molar-refractivity contribution in [3.05, 3.63) is 56.5 Å². The standard InChI is InChI=1S/C22H18FN5O7S4/c23-8-34-27-12(11-7-39-22(24)25-11)16(29)26-13-17(30)28-14(19(31)32)9(6-38-18(13)28)3-5-37-21-10-2-1-4-36-15(10)20(33)35-21/h1-3,5,7,13,18,21H,4,6,8H2,(H2,24,25)(H,26,29)(H,31,32)/t13?,18-,21?/m0/s1. The number of aromatic nitrogens is 1. The molecule has 2 unspecified atom stereocenters. The second-order valence-electron chi connectivity index (χ2n) is 7.96. The van der Waals surface area contributed by atoms with E-state index < -0.39 is 41.5 Å². The van der Waals surface area contributed by atoms with E-state index in [2.05, 4.69) is 20.3 Å². The number of rotatable bonds is 9. The Morgan fingerprint density at radius 2 is 2.26 bits per heavy atom. The van der Waals surface area contributed by atoms with Gasteiger partial charge in [-0.2, -0.15) is 0 Å². The zero-order valence-corrected chi connectivity index (χ0v) is 22.8. The average Bonchev–Trinajstić information content (AvgIpc) is 3.49. The number of alkyl halides is 1. The van der Waals surface area contributed by atoms with E-state index in [1.807, 2.05) is 12.2 Å². The summed E-state index contributed by atoms with van der Waals surface area (Å²) in [5.74, 6) is -2.24. The molecule has 17 heteroatoms. The fourth-order valence-corrected chi connectivity index (χ4v) is 7.69. The Hall–Kier alpha value is -3.28. The lowest BCUT2D eigenvalue weighted by Gasteiger charge is -2.49. The third-order valence-electron chi connectivity index (χ3n) is 5.68. The summed E-state index contributed by atoms with van der Waals surface area (Å²) in [6, 6.07) is -1.05. The number of anilines is 1. The number of amides is 2. The van der Waals surface area contributed by atoms with E-state index in [-0.39, 0.29) is 34.0 Å². The maximum atomic E-state index is 13.0. The minimum Gasteiger partial charge on any atom is -0.477 e. The molecular weight excluding hydrogens is 594 g/mol. The van der Waals surface area contributed by atoms with Crippen LogP contribution in [0.3, 0.4) is 0 Å². The van der Waals surface area contributed by atoms with Crippen molar-refractivity contribution in [3.63, 3.8) is 0 Å². The lowest BCUT2D eigenvalue weighted by molar-refractivity contribution is -0.150. The lowest BCUT2D eigenvalue weighted by atomic mass is 10.0. The first-order valence-electron chi connectivity index (χ1n) is 11.1. The molecule has 2 amide bonds. The van der Waals surface area contributed by atoms with Crippen LogP contribution < -0.4 is 11.1 Å². The Morgan fingerprint density at radius 1 is 1.44 bits per heavy atom. The normalized spacial score (nSPS) is 24.5. The number of thioether (sulfide) groups is 3. The van der Waals surface area contributed by atoms with Crippen LogP contribution in [0.5, 0.6) is 0 Å². The van der Waals surface area contributed by atoms with Crippen molar-refractivity contribution in [1.82, 2.24) is 15.2 Å². The van der Waals surface area contributed by atoms with Gasteiger partial charge in [0, 0.05) is 22.5 Å². The smallest absolute Gasteiger partial charge is 0.352 e. The Morgan fingerprint density at radius 3 is 2.97 bits per heavy atom. The highest BCUT2D eigenvalue weighted by molar-refractivity contribution is 8.05. The van der Waals surface area contributed by atoms with Crippen LogP contribution in [-0.2, 0) is 28.8 Å². The van der Waals surface area contributed by atoms with Gasteiger partial charge >= 0.3 is 11.9 Å². The van der Waals surface area contributed by atoms with Gasteiger partial charge in [0.1, 0.15) is 27.7 Å². The molecule has 4 N–H and O–H groups in total. The van der Waals surface area contributed by atoms with Gasteiger partial charge in [0.15, 0.2) is 16.3 Å². The number of carbonyl (C=O) groups excluding carboxylic acids is 3. The summed E-state index contributed by atoms with van der Waals surface area (Å²) < 4.78 is 17.9. The summed E-state index contributed by atoms with van der Waals surface area (Å²) in [6.07, 6.45) is 5.36. The van der Waals surface area contributed by atoms with E-state index in [0.29, 0.717) is 16.2 Å². The molecular formula is C22H18FN5O7S4. The number of aliphatic carboxylic acids is 1. The van der Waals surface area contributed by atoms with Gasteiger partial charge in [-0.25, -0.2) is 19.0 Å². The SMILES string of the molecule is Nc1nc(C(=NOCF)C(=O)NC2C(=O)N3C(C(=O)O)=C(C=CSC4OC(=O)C5=C4C=CCS5)CS[C@@H]23)cs1. The summed E-state index contributed by atoms with van der Waals surface area (Å²) in [6.45, 7) is -1.29. The van der Waals surface area contributed by atoms with Gasteiger partial charge in [-0.3, -0.25) is 14.5 Å². The highest BCUT2D eigenvalue weighted by Gasteiger charge is 2.54. The molecule has 0 radical (unpaired) electrons. The molecule has 4 aliphatic rings. The number of esters is 1. The maximum absolute atomic E-state index is 13.0. The minimum atomic E-state index is -1.30. The number of carbonyl (C=O) groups is 4. The number of allylic oxidation sites excluding steroid dienone is 1. The Labute approximate surface area is 236 Å². The van der Waals surface area contributed by atoms with Crippen LogP contribution in [0, 0.1) is 0 Å². The first-order chi connectivity index (χ1) is 18.8. The van der Waals surface area contributed by atoms with Crippen molar-refractivity contribution < 1.29 is 38.2 Å². The van der Waals surface area contributed by atoms with Crippen molar-refractivity contribution in [1.29, 1.82) is 0 Å². The van der Waals surface area contributed by atoms with E-state index in [1.54, 1.807) is 11.5 Å². The molecule has 0 spiro atoms. The van der Waals surface area contributed by atoms with Gasteiger partial charge in [-0.15, -0.1) is 34.9 Å². The summed E-state index contributed by atoms with van der Waals surface area (Å²) in [5, 5.41) is 18.4. The third-order valence-corrected chi connectivity index (χ3v) is 9.60. The van der Waals surface area contributed by atoms with Crippen molar-refractivity contribution in [3.8, 4) is 0 Å². The molecule has 0 aromatic carbocycles. The Kier molecular flexibility index (Phi) is 8.01. The van der Waals surface area contributed by atoms with Crippen LogP contribution in [0.4, 0.5) is 9.52 Å². The number of carboxylic acid groups (broad SMARTS) is 1. The van der Waals surface area contributed by atoms with Crippen LogP contribution in [0.1, 0.15) is 5.69 Å². The molecule has 1 saturated heterocycles. The second kappa shape index (κ2) is 11.4. The number of nitrogens with one attached hydrogen (secondary N) is 1. The molecule has 5 heterocycles. The molecule has 1 aromatic heterocycles. The predicted molar refractivity (Wildman–Crippen MR) is 145 cm³/mol. The fourth-order valence-electron chi connectivity index (χ4n) is 4.01. The molecule has 0 aliphatic carbocycles. The molecule has 5 rings (SSSR count). The van der Waals surface area contributed by atoms with Crippen molar-refractivity contribution >= 4 is 81.2 Å². The highest BCUT2D eigenvalue weighted by atomic mass is 32.2. The van der Waals surface area contributed by atoms with Crippen LogP contribution >= 0.6 is 46.6 Å². The number of fused-ring (bicyclic) bond motifs is 1. The maximum Gasteiger partial charge on any atom is 0.352 e. The van der Waals surface area contributed by atoms with Crippen molar-refractivity contribution in [2.24, 2.45) is 5.16 Å². The number of β-lactam (4-membered cyclic amide) rings is 1. The molecule has 12 nitrogen and oxygen atoms in total. The number of carboxylic acids is 1. The van der Waals surface area contributed by atoms with Gasteiger partial charge in [-0.05, 0) is 17.1 Å². The van der Waals surface area contributed by atoms with Gasteiger partial charge in [0.2, 0.25) is 0 Å². The van der Waals surface area contributed by atoms with Crippen LogP contribution in [0.15, 0.2) is 55.9 Å². The summed E-state index contributed by atoms with van der Waals surface area (Å²) >= 11 is 4.91. The van der Waals surface area contributed by atoms with Crippen molar-refractivity contribution in [2.75, 3.05) is 24.1 Å². The number of ether oxygens (including phenoxy) is 1. The number of nitrogens with two attached hydrogens (primary N) is 1. The van der Waals surface area contributed by atoms with E-state index in [4.69, 9.17) is 10.5 Å². The van der Waals surface area contributed by atoms with E-state index in [1.165, 1.54) is 40.7 Å². The quantitative estimate of drug-likeness (QED) is 0.160. The summed E-state index contributed by atoms with van der Waals surface area (Å²) in [4.78, 5) is 60.0. The second-order valence-corrected chi connectivity index (χ2v) is 12.0. The number of nitrogen functional groups attached to an aromatic ring is 1. The lowest BCUT2D eigenvalue weighted by Crippen LogP contribution is -2.71. The first-order valence-corrected chi connectivity index (χ1v) is 14.9. The molecule has 1 fully saturated rings. The highest BCUT2D eigenvalue weighted by Crippen LogP contribution is 2.42. The third kappa shape index (κ3) is 5.30. The predicted octanol–water partition coefficient (Wildman–Crippen LogP) is 1.80. The Balaban J connectivity index is 1.29. The van der Waals surface area contributed by atoms with Crippen LogP contribution in [0.25, 0.3) is 0 Å². The molecule has 39 heavy (non-hydrogen) atoms. The van der Waals surface area contributed by atoms with Gasteiger partial charge < -0.3 is 25.7 Å². The number of cyclic esters (lactones) is 1. The fraction of sp³-hybridized carbons (Fsp3) is 0.273. The van der Waals surface area contributed by atoms with Crippen LogP contribution in [0.2, 0.25) is 0 Å². The average molecular weight is 612 g/mol. The molecule has 3 atom stereocenters. The van der Waals surface area contributed by atoms with Gasteiger partial charge in [0.05, 0.1) is 0 Å². The number of hydrogen-bond acceptors (Lipinski definition) is 13. The Bertz CT molecular complexity index is 1400. The zero-order valence-electron chi connectivity index (χ0n) is 19.6. The van der Waals surface area contributed by atoms with E-state index >= 15 is 0 Å².